The summed E-state index contributed by atoms with van der Waals surface area (Å²) < 4.78 is 10.4. The molecule has 0 saturated carbocycles. The van der Waals surface area contributed by atoms with Gasteiger partial charge in [-0.25, -0.2) is 4.79 Å². The van der Waals surface area contributed by atoms with Gasteiger partial charge in [-0.1, -0.05) is 12.1 Å². The van der Waals surface area contributed by atoms with Crippen LogP contribution < -0.4 is 10.1 Å². The molecule has 2 aromatic carbocycles. The Morgan fingerprint density at radius 1 is 1.00 bits per heavy atom. The van der Waals surface area contributed by atoms with Gasteiger partial charge >= 0.3 is 12.1 Å². The summed E-state index contributed by atoms with van der Waals surface area (Å²) in [7, 11) is 0. The number of amides is 1. The molecule has 2 N–H and O–H groups in total. The molecule has 2 aliphatic rings. The van der Waals surface area contributed by atoms with Gasteiger partial charge in [-0.15, -0.1) is 0 Å². The fourth-order valence-electron chi connectivity index (χ4n) is 3.71. The predicted octanol–water partition coefficient (Wildman–Crippen LogP) is 3.94. The maximum Gasteiger partial charge on any atom is 0.410 e. The Morgan fingerprint density at radius 3 is 2.44 bits per heavy atom. The van der Waals surface area contributed by atoms with E-state index >= 15 is 0 Å². The van der Waals surface area contributed by atoms with E-state index in [0.717, 1.165) is 31.5 Å². The molecule has 0 aliphatic carbocycles. The molecular formula is C25H32N2O5. The monoisotopic (exact) mass is 440 g/mol. The molecule has 0 radical (unpaired) electrons. The molecule has 4 rings (SSSR count). The van der Waals surface area contributed by atoms with Gasteiger partial charge in [0.1, 0.15) is 17.1 Å². The van der Waals surface area contributed by atoms with Crippen molar-refractivity contribution in [3.63, 3.8) is 0 Å². The molecule has 32 heavy (non-hydrogen) atoms. The predicted molar refractivity (Wildman–Crippen MR) is 122 cm³/mol. The lowest BCUT2D eigenvalue weighted by Crippen LogP contribution is -2.39. The largest absolute Gasteiger partial charge is 0.508 e. The highest BCUT2D eigenvalue weighted by molar-refractivity contribution is 5.69. The first-order valence-electron chi connectivity index (χ1n) is 10.9. The molecule has 1 amide bonds. The summed E-state index contributed by atoms with van der Waals surface area (Å²) >= 11 is 0. The van der Waals surface area contributed by atoms with E-state index in [1.54, 1.807) is 17.0 Å². The molecule has 0 aromatic heterocycles. The number of phenols is 1. The van der Waals surface area contributed by atoms with Crippen molar-refractivity contribution in [1.29, 1.82) is 0 Å². The molecule has 0 saturated heterocycles. The van der Waals surface area contributed by atoms with Crippen LogP contribution in [0.2, 0.25) is 0 Å². The van der Waals surface area contributed by atoms with Crippen LogP contribution in [0.25, 0.3) is 0 Å². The molecule has 0 atom stereocenters. The Morgan fingerprint density at radius 2 is 1.72 bits per heavy atom. The molecule has 2 aliphatic heterocycles. The number of aromatic hydroxyl groups is 1. The third kappa shape index (κ3) is 6.72. The Kier molecular flexibility index (Phi) is 7.40. The summed E-state index contributed by atoms with van der Waals surface area (Å²) in [4.78, 5) is 24.4. The number of nitrogens with zero attached hydrogens (tertiary/aromatic N) is 1. The Labute approximate surface area is 189 Å². The van der Waals surface area contributed by atoms with Crippen LogP contribution in [0.15, 0.2) is 36.4 Å². The first-order valence-corrected chi connectivity index (χ1v) is 10.9. The van der Waals surface area contributed by atoms with E-state index in [1.165, 1.54) is 23.6 Å². The maximum atomic E-state index is 11.9. The normalized spacial score (nSPS) is 14.9. The summed E-state index contributed by atoms with van der Waals surface area (Å²) in [5.41, 5.74) is 4.28. The minimum Gasteiger partial charge on any atom is -0.508 e. The van der Waals surface area contributed by atoms with Crippen molar-refractivity contribution in [1.82, 2.24) is 10.2 Å². The number of carbonyl (C=O) groups is 2. The van der Waals surface area contributed by atoms with Crippen molar-refractivity contribution in [2.45, 2.75) is 59.2 Å². The third-order valence-electron chi connectivity index (χ3n) is 5.18. The van der Waals surface area contributed by atoms with Crippen LogP contribution in [-0.2, 0) is 35.5 Å². The zero-order valence-electron chi connectivity index (χ0n) is 19.2. The molecule has 172 valence electrons. The standard InChI is InChI=1S/C14H19NO3.C11H13NO2/c1-14(2,3)18-13(17)15-7-6-10-4-5-12(16)8-11(10)9-15;1-8(13)14-11-3-2-9-4-5-12-7-10(9)6-11/h4-5,8,16H,6-7,9H2,1-3H3;2-3,6,12H,4-5,7H2,1H3. The molecule has 7 heteroatoms. The average molecular weight is 441 g/mol. The summed E-state index contributed by atoms with van der Waals surface area (Å²) in [6, 6.07) is 11.1. The minimum absolute atomic E-state index is 0.236. The minimum atomic E-state index is -0.476. The van der Waals surface area contributed by atoms with E-state index < -0.39 is 5.60 Å². The number of hydrogen-bond acceptors (Lipinski definition) is 6. The van der Waals surface area contributed by atoms with Crippen LogP contribution >= 0.6 is 0 Å². The van der Waals surface area contributed by atoms with E-state index in [-0.39, 0.29) is 17.8 Å². The average Bonchev–Trinajstić information content (AvgIpc) is 2.72. The number of ether oxygens (including phenoxy) is 2. The van der Waals surface area contributed by atoms with Crippen LogP contribution in [0.3, 0.4) is 0 Å². The summed E-state index contributed by atoms with van der Waals surface area (Å²) in [5, 5.41) is 12.7. The van der Waals surface area contributed by atoms with Crippen molar-refractivity contribution in [2.75, 3.05) is 13.1 Å². The van der Waals surface area contributed by atoms with Crippen molar-refractivity contribution in [3.05, 3.63) is 58.7 Å². The lowest BCUT2D eigenvalue weighted by Gasteiger charge is -2.31. The number of fused-ring (bicyclic) bond motifs is 2. The van der Waals surface area contributed by atoms with E-state index in [0.29, 0.717) is 18.8 Å². The van der Waals surface area contributed by atoms with E-state index in [1.807, 2.05) is 45.0 Å². The molecule has 2 aromatic rings. The number of hydrogen-bond donors (Lipinski definition) is 2. The van der Waals surface area contributed by atoms with E-state index in [2.05, 4.69) is 5.32 Å². The van der Waals surface area contributed by atoms with Gasteiger partial charge in [0.2, 0.25) is 0 Å². The van der Waals surface area contributed by atoms with Crippen molar-refractivity contribution >= 4 is 12.1 Å². The van der Waals surface area contributed by atoms with Gasteiger partial charge < -0.3 is 24.8 Å². The van der Waals surface area contributed by atoms with E-state index in [9.17, 15) is 14.7 Å². The smallest absolute Gasteiger partial charge is 0.410 e. The number of esters is 1. The van der Waals surface area contributed by atoms with Crippen molar-refractivity contribution < 1.29 is 24.2 Å². The van der Waals surface area contributed by atoms with Gasteiger partial charge in [-0.3, -0.25) is 4.79 Å². The molecule has 0 fully saturated rings. The first-order chi connectivity index (χ1) is 15.1. The Balaban J connectivity index is 0.000000186. The lowest BCUT2D eigenvalue weighted by atomic mass is 10.00. The third-order valence-corrected chi connectivity index (χ3v) is 5.18. The van der Waals surface area contributed by atoms with Crippen LogP contribution in [0.1, 0.15) is 49.9 Å². The zero-order valence-corrected chi connectivity index (χ0v) is 19.2. The highest BCUT2D eigenvalue weighted by atomic mass is 16.6. The molecular weight excluding hydrogens is 408 g/mol. The highest BCUT2D eigenvalue weighted by Gasteiger charge is 2.25. The summed E-state index contributed by atoms with van der Waals surface area (Å²) in [5.74, 6) is 0.605. The fraction of sp³-hybridized carbons (Fsp3) is 0.440. The first kappa shape index (κ1) is 23.6. The molecule has 0 unspecified atom stereocenters. The Hall–Kier alpha value is -3.06. The number of benzene rings is 2. The van der Waals surface area contributed by atoms with Gasteiger partial charge in [0.25, 0.3) is 0 Å². The second kappa shape index (κ2) is 10.0. The lowest BCUT2D eigenvalue weighted by molar-refractivity contribution is -0.131. The van der Waals surface area contributed by atoms with Crippen molar-refractivity contribution in [3.8, 4) is 11.5 Å². The molecule has 0 bridgehead atoms. The van der Waals surface area contributed by atoms with Gasteiger partial charge in [-0.05, 0) is 86.7 Å². The second-order valence-corrected chi connectivity index (χ2v) is 9.06. The highest BCUT2D eigenvalue weighted by Crippen LogP contribution is 2.24. The van der Waals surface area contributed by atoms with Gasteiger partial charge in [0.15, 0.2) is 0 Å². The summed E-state index contributed by atoms with van der Waals surface area (Å²) in [6.45, 7) is 10.0. The fourth-order valence-corrected chi connectivity index (χ4v) is 3.71. The quantitative estimate of drug-likeness (QED) is 0.516. The molecule has 7 nitrogen and oxygen atoms in total. The summed E-state index contributed by atoms with van der Waals surface area (Å²) in [6.07, 6.45) is 1.56. The molecule has 0 spiro atoms. The van der Waals surface area contributed by atoms with Gasteiger partial charge in [0, 0.05) is 26.6 Å². The maximum absolute atomic E-state index is 11.9. The van der Waals surface area contributed by atoms with Crippen LogP contribution in [-0.4, -0.2) is 40.8 Å². The molecule has 2 heterocycles. The number of nitrogens with one attached hydrogen (secondary N) is 1. The topological polar surface area (TPSA) is 88.1 Å². The second-order valence-electron chi connectivity index (χ2n) is 9.06. The Bertz CT molecular complexity index is 981. The van der Waals surface area contributed by atoms with Gasteiger partial charge in [-0.2, -0.15) is 0 Å². The van der Waals surface area contributed by atoms with Crippen LogP contribution in [0.5, 0.6) is 11.5 Å². The van der Waals surface area contributed by atoms with Crippen LogP contribution in [0, 0.1) is 0 Å². The number of carbonyl (C=O) groups excluding carboxylic acids is 2. The van der Waals surface area contributed by atoms with E-state index in [4.69, 9.17) is 9.47 Å². The van der Waals surface area contributed by atoms with Gasteiger partial charge in [0.05, 0.1) is 0 Å². The zero-order chi connectivity index (χ0) is 23.3. The number of rotatable bonds is 1. The SMILES string of the molecule is CC(=O)Oc1ccc2c(c1)CNCC2.CC(C)(C)OC(=O)N1CCc2ccc(O)cc2C1. The van der Waals surface area contributed by atoms with Crippen LogP contribution in [0.4, 0.5) is 4.79 Å². The van der Waals surface area contributed by atoms with Crippen molar-refractivity contribution in [2.24, 2.45) is 0 Å². The number of phenolic OH excluding ortho intramolecular Hbond substituents is 1.